The quantitative estimate of drug-likeness (QED) is 0.654. The zero-order valence-corrected chi connectivity index (χ0v) is 19.5. The number of amides is 1. The molecule has 7 nitrogen and oxygen atoms in total. The van der Waals surface area contributed by atoms with Gasteiger partial charge >= 0.3 is 0 Å². The fourth-order valence-electron chi connectivity index (χ4n) is 4.93. The lowest BCUT2D eigenvalue weighted by atomic mass is 9.95. The molecule has 1 unspecified atom stereocenters. The summed E-state index contributed by atoms with van der Waals surface area (Å²) >= 11 is 0. The number of anilines is 1. The zero-order chi connectivity index (χ0) is 22.9. The average molecular weight is 459 g/mol. The zero-order valence-electron chi connectivity index (χ0n) is 18.7. The van der Waals surface area contributed by atoms with Crippen LogP contribution in [0.2, 0.25) is 0 Å². The van der Waals surface area contributed by atoms with Crippen LogP contribution in [-0.2, 0) is 14.8 Å². The van der Waals surface area contributed by atoms with Crippen molar-refractivity contribution < 1.29 is 22.7 Å². The van der Waals surface area contributed by atoms with E-state index < -0.39 is 10.0 Å². The first-order chi connectivity index (χ1) is 15.3. The highest BCUT2D eigenvalue weighted by Gasteiger charge is 2.40. The summed E-state index contributed by atoms with van der Waals surface area (Å²) in [5.74, 6) is 1.66. The highest BCUT2D eigenvalue weighted by molar-refractivity contribution is 7.92. The van der Waals surface area contributed by atoms with Crippen molar-refractivity contribution in [3.63, 3.8) is 0 Å². The first kappa shape index (κ1) is 22.5. The van der Waals surface area contributed by atoms with Gasteiger partial charge in [0.15, 0.2) is 11.5 Å². The van der Waals surface area contributed by atoms with Crippen LogP contribution in [0.5, 0.6) is 11.5 Å². The van der Waals surface area contributed by atoms with Gasteiger partial charge in [-0.2, -0.15) is 0 Å². The molecule has 0 saturated heterocycles. The number of carbonyl (C=O) groups excluding carboxylic acids is 1. The van der Waals surface area contributed by atoms with E-state index in [1.165, 1.54) is 32.8 Å². The molecule has 0 spiro atoms. The highest BCUT2D eigenvalue weighted by atomic mass is 32.2. The molecule has 0 heterocycles. The number of fused-ring (bicyclic) bond motifs is 2. The second kappa shape index (κ2) is 9.02. The second-order valence-electron chi connectivity index (χ2n) is 8.71. The van der Waals surface area contributed by atoms with Crippen LogP contribution >= 0.6 is 0 Å². The van der Waals surface area contributed by atoms with E-state index >= 15 is 0 Å². The summed E-state index contributed by atoms with van der Waals surface area (Å²) in [6, 6.07) is 11.7. The van der Waals surface area contributed by atoms with Crippen molar-refractivity contribution in [1.29, 1.82) is 0 Å². The molecule has 2 fully saturated rings. The number of sulfonamides is 1. The van der Waals surface area contributed by atoms with Gasteiger partial charge in [-0.15, -0.1) is 0 Å². The molecular formula is C24H30N2O5S. The first-order valence-corrected chi connectivity index (χ1v) is 12.4. The minimum absolute atomic E-state index is 0.0310. The third kappa shape index (κ3) is 4.41. The van der Waals surface area contributed by atoms with Crippen LogP contribution in [0.3, 0.4) is 0 Å². The van der Waals surface area contributed by atoms with E-state index in [4.69, 9.17) is 9.47 Å². The first-order valence-electron chi connectivity index (χ1n) is 10.9. The minimum atomic E-state index is -4.03. The van der Waals surface area contributed by atoms with E-state index in [1.807, 2.05) is 19.1 Å². The molecule has 2 aromatic carbocycles. The van der Waals surface area contributed by atoms with E-state index in [0.29, 0.717) is 29.0 Å². The van der Waals surface area contributed by atoms with Crippen LogP contribution in [0.1, 0.15) is 31.2 Å². The maximum atomic E-state index is 13.6. The van der Waals surface area contributed by atoms with Gasteiger partial charge in [0.1, 0.15) is 6.54 Å². The van der Waals surface area contributed by atoms with Gasteiger partial charge in [-0.25, -0.2) is 8.42 Å². The van der Waals surface area contributed by atoms with Crippen molar-refractivity contribution in [1.82, 2.24) is 5.32 Å². The fourth-order valence-corrected chi connectivity index (χ4v) is 6.37. The molecular weight excluding hydrogens is 428 g/mol. The molecule has 1 N–H and O–H groups in total. The largest absolute Gasteiger partial charge is 0.493 e. The van der Waals surface area contributed by atoms with Crippen molar-refractivity contribution in [2.24, 2.45) is 11.8 Å². The number of methoxy groups -OCH3 is 2. The van der Waals surface area contributed by atoms with Gasteiger partial charge in [-0.1, -0.05) is 24.1 Å². The predicted molar refractivity (Wildman–Crippen MR) is 123 cm³/mol. The number of nitrogens with zero attached hydrogens (tertiary/aromatic N) is 1. The molecule has 172 valence electrons. The smallest absolute Gasteiger partial charge is 0.264 e. The van der Waals surface area contributed by atoms with Crippen molar-refractivity contribution in [2.45, 2.75) is 43.5 Å². The Bertz CT molecular complexity index is 1080. The summed E-state index contributed by atoms with van der Waals surface area (Å²) in [6.07, 6.45) is 4.53. The van der Waals surface area contributed by atoms with Crippen LogP contribution in [0.15, 0.2) is 47.4 Å². The molecule has 0 aromatic heterocycles. The lowest BCUT2D eigenvalue weighted by Gasteiger charge is -2.27. The summed E-state index contributed by atoms with van der Waals surface area (Å²) < 4.78 is 38.9. The van der Waals surface area contributed by atoms with Gasteiger partial charge in [0.2, 0.25) is 5.91 Å². The van der Waals surface area contributed by atoms with E-state index in [1.54, 1.807) is 18.2 Å². The number of ether oxygens (including phenoxy) is 2. The fraction of sp³-hybridized carbons (Fsp3) is 0.458. The maximum absolute atomic E-state index is 13.6. The number of aryl methyl sites for hydroxylation is 1. The minimum Gasteiger partial charge on any atom is -0.493 e. The highest BCUT2D eigenvalue weighted by Crippen LogP contribution is 2.44. The van der Waals surface area contributed by atoms with E-state index in [2.05, 4.69) is 5.32 Å². The van der Waals surface area contributed by atoms with E-state index in [-0.39, 0.29) is 23.4 Å². The molecule has 8 heteroatoms. The Morgan fingerprint density at radius 1 is 1.03 bits per heavy atom. The molecule has 1 amide bonds. The average Bonchev–Trinajstić information content (AvgIpc) is 3.41. The van der Waals surface area contributed by atoms with Gasteiger partial charge in [0, 0.05) is 12.1 Å². The van der Waals surface area contributed by atoms with Crippen LogP contribution in [-0.4, -0.2) is 41.1 Å². The molecule has 2 saturated carbocycles. The molecule has 3 atom stereocenters. The van der Waals surface area contributed by atoms with Crippen molar-refractivity contribution >= 4 is 21.6 Å². The Morgan fingerprint density at radius 2 is 1.75 bits per heavy atom. The van der Waals surface area contributed by atoms with Crippen molar-refractivity contribution in [3.8, 4) is 11.5 Å². The summed E-state index contributed by atoms with van der Waals surface area (Å²) in [7, 11) is -1.08. The number of nitrogens with one attached hydrogen (secondary N) is 1. The van der Waals surface area contributed by atoms with Gasteiger partial charge in [0.05, 0.1) is 24.8 Å². The molecule has 2 aliphatic rings. The Morgan fingerprint density at radius 3 is 2.34 bits per heavy atom. The Kier molecular flexibility index (Phi) is 6.33. The molecule has 2 aromatic rings. The monoisotopic (exact) mass is 458 g/mol. The maximum Gasteiger partial charge on any atom is 0.264 e. The molecule has 2 bridgehead atoms. The Hall–Kier alpha value is -2.74. The normalized spacial score (nSPS) is 21.9. The van der Waals surface area contributed by atoms with Crippen molar-refractivity contribution in [2.75, 3.05) is 25.1 Å². The Balaban J connectivity index is 1.63. The second-order valence-corrected chi connectivity index (χ2v) is 10.6. The number of rotatable bonds is 8. The van der Waals surface area contributed by atoms with Crippen LogP contribution < -0.4 is 19.1 Å². The van der Waals surface area contributed by atoms with Gasteiger partial charge in [-0.3, -0.25) is 9.10 Å². The van der Waals surface area contributed by atoms with Gasteiger partial charge < -0.3 is 14.8 Å². The van der Waals surface area contributed by atoms with Crippen LogP contribution in [0, 0.1) is 18.8 Å². The SMILES string of the molecule is COc1ccc(S(=O)(=O)N(CC(=O)NC2C[C@H]3CC[C@@H]2C3)c2ccc(C)cc2)cc1OC. The Labute approximate surface area is 189 Å². The standard InChI is InChI=1S/C24H30N2O5S/c1-16-4-8-19(9-5-16)26(15-24(27)25-21-13-17-6-7-18(21)12-17)32(28,29)20-10-11-22(30-2)23(14-20)31-3/h4-5,8-11,14,17-18,21H,6-7,12-13,15H2,1-3H3,(H,25,27)/t17-,18+,21?/m0/s1. The lowest BCUT2D eigenvalue weighted by molar-refractivity contribution is -0.120. The summed E-state index contributed by atoms with van der Waals surface area (Å²) in [5, 5.41) is 3.10. The third-order valence-electron chi connectivity index (χ3n) is 6.64. The number of hydrogen-bond donors (Lipinski definition) is 1. The molecule has 2 aliphatic carbocycles. The third-order valence-corrected chi connectivity index (χ3v) is 8.41. The van der Waals surface area contributed by atoms with Gasteiger partial charge in [0.25, 0.3) is 10.0 Å². The van der Waals surface area contributed by atoms with Crippen LogP contribution in [0.25, 0.3) is 0 Å². The lowest BCUT2D eigenvalue weighted by Crippen LogP contribution is -2.46. The van der Waals surface area contributed by atoms with E-state index in [9.17, 15) is 13.2 Å². The molecule has 0 aliphatic heterocycles. The number of carbonyl (C=O) groups is 1. The number of benzene rings is 2. The molecule has 32 heavy (non-hydrogen) atoms. The van der Waals surface area contributed by atoms with Crippen LogP contribution in [0.4, 0.5) is 5.69 Å². The van der Waals surface area contributed by atoms with E-state index in [0.717, 1.165) is 29.1 Å². The summed E-state index contributed by atoms with van der Waals surface area (Å²) in [6.45, 7) is 1.65. The van der Waals surface area contributed by atoms with Crippen molar-refractivity contribution in [3.05, 3.63) is 48.0 Å². The topological polar surface area (TPSA) is 84.9 Å². The molecule has 0 radical (unpaired) electrons. The molecule has 4 rings (SSSR count). The number of hydrogen-bond acceptors (Lipinski definition) is 5. The predicted octanol–water partition coefficient (Wildman–Crippen LogP) is 3.51. The summed E-state index contributed by atoms with van der Waals surface area (Å²) in [5.41, 5.74) is 1.44. The summed E-state index contributed by atoms with van der Waals surface area (Å²) in [4.78, 5) is 13.0. The van der Waals surface area contributed by atoms with Gasteiger partial charge in [-0.05, 0) is 62.3 Å².